The van der Waals surface area contributed by atoms with E-state index >= 15 is 0 Å². The Morgan fingerprint density at radius 1 is 1.36 bits per heavy atom. The average molecular weight is 363 g/mol. The van der Waals surface area contributed by atoms with Gasteiger partial charge in [-0.1, -0.05) is 18.2 Å². The summed E-state index contributed by atoms with van der Waals surface area (Å²) in [6, 6.07) is 5.39. The molecule has 134 valence electrons. The predicted molar refractivity (Wildman–Crippen MR) is 98.4 cm³/mol. The van der Waals surface area contributed by atoms with Gasteiger partial charge in [0.1, 0.15) is 6.04 Å². The van der Waals surface area contributed by atoms with Crippen molar-refractivity contribution in [3.05, 3.63) is 59.7 Å². The van der Waals surface area contributed by atoms with E-state index in [1.54, 1.807) is 24.3 Å². The Balaban J connectivity index is 2.88. The second-order valence-electron chi connectivity index (χ2n) is 5.14. The molecular formula is C17H21N3O4S. The van der Waals surface area contributed by atoms with E-state index < -0.39 is 11.0 Å². The number of non-ortho nitro benzene ring substituents is 1. The van der Waals surface area contributed by atoms with Gasteiger partial charge in [0.2, 0.25) is 11.8 Å². The van der Waals surface area contributed by atoms with E-state index in [-0.39, 0.29) is 23.3 Å². The van der Waals surface area contributed by atoms with Crippen molar-refractivity contribution in [2.45, 2.75) is 17.9 Å². The summed E-state index contributed by atoms with van der Waals surface area (Å²) >= 11 is 1.27. The van der Waals surface area contributed by atoms with E-state index in [0.29, 0.717) is 18.0 Å². The third kappa shape index (κ3) is 6.80. The minimum Gasteiger partial charge on any atom is -0.344 e. The first-order valence-corrected chi connectivity index (χ1v) is 8.52. The molecule has 1 aromatic carbocycles. The summed E-state index contributed by atoms with van der Waals surface area (Å²) in [7, 11) is 0. The van der Waals surface area contributed by atoms with Gasteiger partial charge in [-0.05, 0) is 6.07 Å². The highest BCUT2D eigenvalue weighted by molar-refractivity contribution is 7.99. The van der Waals surface area contributed by atoms with Crippen molar-refractivity contribution in [1.29, 1.82) is 0 Å². The van der Waals surface area contributed by atoms with Crippen LogP contribution in [0.3, 0.4) is 0 Å². The summed E-state index contributed by atoms with van der Waals surface area (Å²) in [6.45, 7) is 9.25. The van der Waals surface area contributed by atoms with Crippen LogP contribution < -0.4 is 5.32 Å². The van der Waals surface area contributed by atoms with E-state index in [0.717, 1.165) is 0 Å². The molecule has 1 rings (SSSR count). The number of rotatable bonds is 10. The number of nitrogens with one attached hydrogen (secondary N) is 1. The highest BCUT2D eigenvalue weighted by Gasteiger charge is 2.24. The summed E-state index contributed by atoms with van der Waals surface area (Å²) in [6.07, 6.45) is 3.19. The lowest BCUT2D eigenvalue weighted by molar-refractivity contribution is -0.385. The first kappa shape index (κ1) is 20.4. The zero-order chi connectivity index (χ0) is 18.8. The van der Waals surface area contributed by atoms with Crippen LogP contribution in [0, 0.1) is 10.1 Å². The molecule has 0 aliphatic rings. The maximum atomic E-state index is 12.6. The lowest BCUT2D eigenvalue weighted by Crippen LogP contribution is -2.49. The van der Waals surface area contributed by atoms with Gasteiger partial charge in [-0.15, -0.1) is 24.9 Å². The molecular weight excluding hydrogens is 342 g/mol. The van der Waals surface area contributed by atoms with Gasteiger partial charge in [-0.2, -0.15) is 0 Å². The Kier molecular flexibility index (Phi) is 8.42. The predicted octanol–water partition coefficient (Wildman–Crippen LogP) is 2.39. The molecule has 0 spiro atoms. The normalized spacial score (nSPS) is 11.2. The molecule has 0 saturated heterocycles. The molecule has 0 radical (unpaired) electrons. The summed E-state index contributed by atoms with van der Waals surface area (Å²) < 4.78 is 0. The quantitative estimate of drug-likeness (QED) is 0.298. The lowest BCUT2D eigenvalue weighted by atomic mass is 10.2. The molecule has 7 nitrogen and oxygen atoms in total. The van der Waals surface area contributed by atoms with Gasteiger partial charge < -0.3 is 10.2 Å². The lowest BCUT2D eigenvalue weighted by Gasteiger charge is -2.25. The summed E-state index contributed by atoms with van der Waals surface area (Å²) in [5.41, 5.74) is -0.0210. The summed E-state index contributed by atoms with van der Waals surface area (Å²) in [4.78, 5) is 36.6. The van der Waals surface area contributed by atoms with Gasteiger partial charge in [0, 0.05) is 42.8 Å². The number of nitrogens with zero attached hydrogens (tertiary/aromatic N) is 2. The highest BCUT2D eigenvalue weighted by Crippen LogP contribution is 2.23. The van der Waals surface area contributed by atoms with Crippen molar-refractivity contribution in [2.75, 3.05) is 18.8 Å². The Labute approximate surface area is 150 Å². The van der Waals surface area contributed by atoms with Crippen LogP contribution in [0.5, 0.6) is 0 Å². The number of nitro groups is 1. The molecule has 1 aromatic rings. The molecule has 2 amide bonds. The molecule has 0 fully saturated rings. The van der Waals surface area contributed by atoms with E-state index in [9.17, 15) is 19.7 Å². The summed E-state index contributed by atoms with van der Waals surface area (Å²) in [5.74, 6) is -0.326. The Morgan fingerprint density at radius 2 is 2.00 bits per heavy atom. The fourth-order valence-electron chi connectivity index (χ4n) is 2.07. The fourth-order valence-corrected chi connectivity index (χ4v) is 3.04. The standard InChI is InChI=1S/C17H21N3O4S/c1-4-9-19(10-5-2)17(22)16(18-13(3)21)12-25-15-8-6-7-14(11-15)20(23)24/h4-8,11,16H,1-2,9-10,12H2,3H3,(H,18,21). The number of nitro benzene ring substituents is 1. The van der Waals surface area contributed by atoms with Gasteiger partial charge in [-0.25, -0.2) is 0 Å². The van der Waals surface area contributed by atoms with Crippen LogP contribution in [0.2, 0.25) is 0 Å². The zero-order valence-corrected chi connectivity index (χ0v) is 14.8. The molecule has 1 atom stereocenters. The minimum atomic E-state index is -0.748. The second kappa shape index (κ2) is 10.3. The maximum Gasteiger partial charge on any atom is 0.270 e. The molecule has 0 aromatic heterocycles. The van der Waals surface area contributed by atoms with Crippen LogP contribution in [0.4, 0.5) is 5.69 Å². The average Bonchev–Trinajstić information content (AvgIpc) is 2.57. The molecule has 0 bridgehead atoms. The first-order chi connectivity index (χ1) is 11.9. The second-order valence-corrected chi connectivity index (χ2v) is 6.23. The first-order valence-electron chi connectivity index (χ1n) is 7.54. The number of hydrogen-bond acceptors (Lipinski definition) is 5. The highest BCUT2D eigenvalue weighted by atomic mass is 32.2. The van der Waals surface area contributed by atoms with E-state index in [4.69, 9.17) is 0 Å². The van der Waals surface area contributed by atoms with E-state index in [1.807, 2.05) is 0 Å². The number of benzene rings is 1. The van der Waals surface area contributed by atoms with E-state index in [1.165, 1.54) is 35.7 Å². The number of carbonyl (C=O) groups is 2. The van der Waals surface area contributed by atoms with Crippen molar-refractivity contribution in [1.82, 2.24) is 10.2 Å². The minimum absolute atomic E-state index is 0.0210. The van der Waals surface area contributed by atoms with Crippen LogP contribution in [0.25, 0.3) is 0 Å². The topological polar surface area (TPSA) is 92.6 Å². The van der Waals surface area contributed by atoms with Gasteiger partial charge in [0.05, 0.1) is 4.92 Å². The van der Waals surface area contributed by atoms with Crippen molar-refractivity contribution >= 4 is 29.3 Å². The van der Waals surface area contributed by atoms with Crippen LogP contribution in [-0.4, -0.2) is 46.5 Å². The van der Waals surface area contributed by atoms with Gasteiger partial charge in [0.25, 0.3) is 5.69 Å². The molecule has 1 N–H and O–H groups in total. The molecule has 0 heterocycles. The molecule has 0 aliphatic heterocycles. The van der Waals surface area contributed by atoms with Gasteiger partial charge in [0.15, 0.2) is 0 Å². The Morgan fingerprint density at radius 3 is 2.52 bits per heavy atom. The monoisotopic (exact) mass is 363 g/mol. The van der Waals surface area contributed by atoms with Crippen molar-refractivity contribution in [2.24, 2.45) is 0 Å². The van der Waals surface area contributed by atoms with E-state index in [2.05, 4.69) is 18.5 Å². The SMILES string of the molecule is C=CCN(CC=C)C(=O)C(CSc1cccc([N+](=O)[O-])c1)NC(C)=O. The van der Waals surface area contributed by atoms with Crippen LogP contribution in [-0.2, 0) is 9.59 Å². The Bertz CT molecular complexity index is 653. The molecule has 0 saturated carbocycles. The molecule has 1 unspecified atom stereocenters. The van der Waals surface area contributed by atoms with Crippen LogP contribution in [0.15, 0.2) is 54.5 Å². The largest absolute Gasteiger partial charge is 0.344 e. The third-order valence-corrected chi connectivity index (χ3v) is 4.22. The molecule has 8 heteroatoms. The maximum absolute atomic E-state index is 12.6. The van der Waals surface area contributed by atoms with Crippen molar-refractivity contribution in [3.63, 3.8) is 0 Å². The third-order valence-electron chi connectivity index (χ3n) is 3.13. The number of hydrogen-bond donors (Lipinski definition) is 1. The van der Waals surface area contributed by atoms with Gasteiger partial charge in [-0.3, -0.25) is 19.7 Å². The number of amides is 2. The summed E-state index contributed by atoms with van der Waals surface area (Å²) in [5, 5.41) is 13.5. The Hall–Kier alpha value is -2.61. The van der Waals surface area contributed by atoms with Crippen LogP contribution >= 0.6 is 11.8 Å². The molecule has 0 aliphatic carbocycles. The zero-order valence-electron chi connectivity index (χ0n) is 14.0. The fraction of sp³-hybridized carbons (Fsp3) is 0.294. The van der Waals surface area contributed by atoms with Crippen molar-refractivity contribution < 1.29 is 14.5 Å². The number of carbonyl (C=O) groups excluding carboxylic acids is 2. The van der Waals surface area contributed by atoms with Gasteiger partial charge >= 0.3 is 0 Å². The van der Waals surface area contributed by atoms with Crippen molar-refractivity contribution in [3.8, 4) is 0 Å². The van der Waals surface area contributed by atoms with Crippen LogP contribution in [0.1, 0.15) is 6.92 Å². The number of thioether (sulfide) groups is 1. The molecule has 25 heavy (non-hydrogen) atoms. The smallest absolute Gasteiger partial charge is 0.270 e.